The first-order chi connectivity index (χ1) is 10.2. The Hall–Kier alpha value is -2.00. The van der Waals surface area contributed by atoms with Crippen LogP contribution in [0.3, 0.4) is 0 Å². The van der Waals surface area contributed by atoms with Crippen LogP contribution in [0.5, 0.6) is 0 Å². The lowest BCUT2D eigenvalue weighted by atomic mass is 10.1. The smallest absolute Gasteiger partial charge is 0.0865 e. The molecular formula is C17H18ClN3. The standard InChI is InChI=1S/C17H18ClN3/c1-3-21-16(17(18)12(2)20-21)11-19-15-10-6-8-13-7-4-5-9-14(13)15/h4-10,19H,3,11H2,1-2H3. The van der Waals surface area contributed by atoms with Gasteiger partial charge in [0, 0.05) is 17.6 Å². The topological polar surface area (TPSA) is 29.9 Å². The van der Waals surface area contributed by atoms with Gasteiger partial charge in [-0.3, -0.25) is 4.68 Å². The summed E-state index contributed by atoms with van der Waals surface area (Å²) in [7, 11) is 0. The minimum absolute atomic E-state index is 0.668. The molecule has 0 saturated heterocycles. The van der Waals surface area contributed by atoms with E-state index in [1.165, 1.54) is 10.8 Å². The number of halogens is 1. The second-order valence-corrected chi connectivity index (χ2v) is 5.42. The molecule has 1 heterocycles. The van der Waals surface area contributed by atoms with Gasteiger partial charge >= 0.3 is 0 Å². The molecule has 3 rings (SSSR count). The van der Waals surface area contributed by atoms with Crippen LogP contribution in [0.1, 0.15) is 18.3 Å². The third kappa shape index (κ3) is 2.61. The zero-order chi connectivity index (χ0) is 14.8. The lowest BCUT2D eigenvalue weighted by molar-refractivity contribution is 0.623. The van der Waals surface area contributed by atoms with Crippen molar-refractivity contribution in [2.75, 3.05) is 5.32 Å². The highest BCUT2D eigenvalue weighted by Gasteiger charge is 2.12. The molecule has 0 atom stereocenters. The summed E-state index contributed by atoms with van der Waals surface area (Å²) in [5.41, 5.74) is 3.03. The van der Waals surface area contributed by atoms with Gasteiger partial charge < -0.3 is 5.32 Å². The van der Waals surface area contributed by atoms with E-state index < -0.39 is 0 Å². The van der Waals surface area contributed by atoms with Crippen molar-refractivity contribution in [3.05, 3.63) is 58.9 Å². The number of benzene rings is 2. The molecule has 108 valence electrons. The fourth-order valence-electron chi connectivity index (χ4n) is 2.60. The number of aryl methyl sites for hydroxylation is 2. The number of anilines is 1. The molecule has 0 fully saturated rings. The summed E-state index contributed by atoms with van der Waals surface area (Å²) in [5, 5.41) is 11.1. The fraction of sp³-hybridized carbons (Fsp3) is 0.235. The third-order valence-electron chi connectivity index (χ3n) is 3.69. The van der Waals surface area contributed by atoms with Gasteiger partial charge in [0.1, 0.15) is 0 Å². The minimum Gasteiger partial charge on any atom is -0.379 e. The molecule has 4 heteroatoms. The number of aromatic nitrogens is 2. The molecule has 3 aromatic rings. The van der Waals surface area contributed by atoms with Crippen LogP contribution in [-0.4, -0.2) is 9.78 Å². The van der Waals surface area contributed by atoms with Crippen molar-refractivity contribution in [2.45, 2.75) is 26.9 Å². The quantitative estimate of drug-likeness (QED) is 0.761. The van der Waals surface area contributed by atoms with Crippen LogP contribution < -0.4 is 5.32 Å². The summed E-state index contributed by atoms with van der Waals surface area (Å²) in [6, 6.07) is 14.6. The number of hydrogen-bond acceptors (Lipinski definition) is 2. The molecule has 0 unspecified atom stereocenters. The highest BCUT2D eigenvalue weighted by Crippen LogP contribution is 2.25. The monoisotopic (exact) mass is 299 g/mol. The highest BCUT2D eigenvalue weighted by atomic mass is 35.5. The van der Waals surface area contributed by atoms with E-state index in [2.05, 4.69) is 59.8 Å². The molecule has 0 bridgehead atoms. The zero-order valence-corrected chi connectivity index (χ0v) is 13.0. The number of rotatable bonds is 4. The van der Waals surface area contributed by atoms with Crippen LogP contribution in [-0.2, 0) is 13.1 Å². The zero-order valence-electron chi connectivity index (χ0n) is 12.2. The van der Waals surface area contributed by atoms with Gasteiger partial charge in [-0.15, -0.1) is 0 Å². The average molecular weight is 300 g/mol. The Balaban J connectivity index is 1.91. The van der Waals surface area contributed by atoms with Crippen LogP contribution in [0.25, 0.3) is 10.8 Å². The number of nitrogens with zero attached hydrogens (tertiary/aromatic N) is 2. The van der Waals surface area contributed by atoms with E-state index in [9.17, 15) is 0 Å². The van der Waals surface area contributed by atoms with Crippen molar-refractivity contribution in [2.24, 2.45) is 0 Å². The average Bonchev–Trinajstić information content (AvgIpc) is 2.80. The van der Waals surface area contributed by atoms with Crippen LogP contribution >= 0.6 is 11.6 Å². The van der Waals surface area contributed by atoms with E-state index in [0.29, 0.717) is 6.54 Å². The van der Waals surface area contributed by atoms with Crippen molar-refractivity contribution < 1.29 is 0 Å². The van der Waals surface area contributed by atoms with Crippen LogP contribution in [0.15, 0.2) is 42.5 Å². The summed E-state index contributed by atoms with van der Waals surface area (Å²) >= 11 is 6.35. The fourth-order valence-corrected chi connectivity index (χ4v) is 2.80. The Kier molecular flexibility index (Phi) is 3.84. The molecule has 0 radical (unpaired) electrons. The predicted molar refractivity (Wildman–Crippen MR) is 88.9 cm³/mol. The van der Waals surface area contributed by atoms with Crippen molar-refractivity contribution in [1.29, 1.82) is 0 Å². The normalized spacial score (nSPS) is 11.0. The van der Waals surface area contributed by atoms with Gasteiger partial charge in [-0.05, 0) is 25.3 Å². The Morgan fingerprint density at radius 3 is 2.71 bits per heavy atom. The van der Waals surface area contributed by atoms with Crippen LogP contribution in [0.2, 0.25) is 5.02 Å². The summed E-state index contributed by atoms with van der Waals surface area (Å²) in [6.45, 7) is 5.50. The van der Waals surface area contributed by atoms with Crippen LogP contribution in [0, 0.1) is 6.92 Å². The van der Waals surface area contributed by atoms with Crippen molar-refractivity contribution in [1.82, 2.24) is 9.78 Å². The first kappa shape index (κ1) is 14.0. The molecule has 1 aromatic heterocycles. The molecule has 1 N–H and O–H groups in total. The number of nitrogens with one attached hydrogen (secondary N) is 1. The van der Waals surface area contributed by atoms with Crippen LogP contribution in [0.4, 0.5) is 5.69 Å². The molecule has 0 aliphatic rings. The second-order valence-electron chi connectivity index (χ2n) is 5.04. The van der Waals surface area contributed by atoms with E-state index in [-0.39, 0.29) is 0 Å². The molecule has 0 aliphatic heterocycles. The Bertz CT molecular complexity index is 772. The van der Waals surface area contributed by atoms with E-state index >= 15 is 0 Å². The molecule has 2 aromatic carbocycles. The van der Waals surface area contributed by atoms with Crippen molar-refractivity contribution in [3.63, 3.8) is 0 Å². The van der Waals surface area contributed by atoms with E-state index in [4.69, 9.17) is 11.6 Å². The lowest BCUT2D eigenvalue weighted by Gasteiger charge is -2.11. The molecule has 0 spiro atoms. The van der Waals surface area contributed by atoms with E-state index in [1.807, 2.05) is 11.6 Å². The SMILES string of the molecule is CCn1nc(C)c(Cl)c1CNc1cccc2ccccc12. The number of hydrogen-bond donors (Lipinski definition) is 1. The minimum atomic E-state index is 0.668. The molecule has 0 amide bonds. The Morgan fingerprint density at radius 1 is 1.14 bits per heavy atom. The summed E-state index contributed by atoms with van der Waals surface area (Å²) < 4.78 is 1.95. The largest absolute Gasteiger partial charge is 0.379 e. The molecule has 21 heavy (non-hydrogen) atoms. The van der Waals surface area contributed by atoms with E-state index in [1.54, 1.807) is 0 Å². The molecule has 0 aliphatic carbocycles. The van der Waals surface area contributed by atoms with Gasteiger partial charge in [0.05, 0.1) is 23.0 Å². The first-order valence-corrected chi connectivity index (χ1v) is 7.52. The first-order valence-electron chi connectivity index (χ1n) is 7.14. The second kappa shape index (κ2) is 5.78. The summed E-state index contributed by atoms with van der Waals surface area (Å²) in [6.07, 6.45) is 0. The van der Waals surface area contributed by atoms with E-state index in [0.717, 1.165) is 28.6 Å². The maximum Gasteiger partial charge on any atom is 0.0865 e. The van der Waals surface area contributed by atoms with Gasteiger partial charge in [-0.2, -0.15) is 5.10 Å². The molecule has 3 nitrogen and oxygen atoms in total. The number of fused-ring (bicyclic) bond motifs is 1. The lowest BCUT2D eigenvalue weighted by Crippen LogP contribution is -2.08. The Morgan fingerprint density at radius 2 is 1.90 bits per heavy atom. The van der Waals surface area contributed by atoms with Gasteiger partial charge in [0.2, 0.25) is 0 Å². The van der Waals surface area contributed by atoms with Gasteiger partial charge in [0.25, 0.3) is 0 Å². The summed E-state index contributed by atoms with van der Waals surface area (Å²) in [4.78, 5) is 0. The maximum absolute atomic E-state index is 6.35. The van der Waals surface area contributed by atoms with Crippen molar-refractivity contribution >= 4 is 28.1 Å². The van der Waals surface area contributed by atoms with Gasteiger partial charge in [0.15, 0.2) is 0 Å². The summed E-state index contributed by atoms with van der Waals surface area (Å²) in [5.74, 6) is 0. The predicted octanol–water partition coefficient (Wildman–Crippen LogP) is 4.63. The van der Waals surface area contributed by atoms with Crippen molar-refractivity contribution in [3.8, 4) is 0 Å². The maximum atomic E-state index is 6.35. The molecular weight excluding hydrogens is 282 g/mol. The Labute approximate surface area is 129 Å². The van der Waals surface area contributed by atoms with Gasteiger partial charge in [-0.1, -0.05) is 48.0 Å². The highest BCUT2D eigenvalue weighted by molar-refractivity contribution is 6.31. The van der Waals surface area contributed by atoms with Gasteiger partial charge in [-0.25, -0.2) is 0 Å². The third-order valence-corrected chi connectivity index (χ3v) is 4.18. The molecule has 0 saturated carbocycles.